The van der Waals surface area contributed by atoms with E-state index in [9.17, 15) is 0 Å². The van der Waals surface area contributed by atoms with E-state index in [4.69, 9.17) is 10.5 Å². The van der Waals surface area contributed by atoms with E-state index in [-0.39, 0.29) is 6.04 Å². The summed E-state index contributed by atoms with van der Waals surface area (Å²) in [6.07, 6.45) is 7.92. The molecule has 1 aliphatic carbocycles. The summed E-state index contributed by atoms with van der Waals surface area (Å²) in [7, 11) is 0. The minimum Gasteiger partial charge on any atom is -0.474 e. The van der Waals surface area contributed by atoms with Crippen LogP contribution >= 0.6 is 0 Å². The van der Waals surface area contributed by atoms with Crippen LogP contribution in [0.25, 0.3) is 11.0 Å². The molecule has 2 fully saturated rings. The van der Waals surface area contributed by atoms with Crippen LogP contribution in [0.5, 0.6) is 0 Å². The molecule has 1 saturated heterocycles. The number of hydrogen-bond acceptors (Lipinski definition) is 5. The van der Waals surface area contributed by atoms with Crippen molar-refractivity contribution in [1.82, 2.24) is 19.9 Å². The Balaban J connectivity index is 1.24. The Hall–Kier alpha value is -2.86. The summed E-state index contributed by atoms with van der Waals surface area (Å²) in [6.45, 7) is 2.59. The van der Waals surface area contributed by atoms with Crippen LogP contribution in [0.4, 0.5) is 0 Å². The lowest BCUT2D eigenvalue weighted by atomic mass is 9.87. The average Bonchev–Trinajstić information content (AvgIpc) is 3.49. The molecular formula is C23H27N5O. The van der Waals surface area contributed by atoms with Gasteiger partial charge in [0, 0.05) is 24.7 Å². The number of nitrogens with zero attached hydrogens (tertiary/aromatic N) is 3. The van der Waals surface area contributed by atoms with E-state index in [2.05, 4.69) is 44.1 Å². The van der Waals surface area contributed by atoms with Crippen LogP contribution < -0.4 is 5.73 Å². The molecule has 1 atom stereocenters. The number of piperidine rings is 1. The molecule has 1 unspecified atom stereocenters. The van der Waals surface area contributed by atoms with Gasteiger partial charge in [0.05, 0.1) is 11.7 Å². The van der Waals surface area contributed by atoms with Crippen molar-refractivity contribution in [3.8, 4) is 0 Å². The monoisotopic (exact) mass is 389 g/mol. The molecule has 1 aliphatic heterocycles. The van der Waals surface area contributed by atoms with Gasteiger partial charge in [0.1, 0.15) is 18.6 Å². The summed E-state index contributed by atoms with van der Waals surface area (Å²) in [5.74, 6) is 1.52. The predicted octanol–water partition coefficient (Wildman–Crippen LogP) is 3.89. The second-order valence-corrected chi connectivity index (χ2v) is 8.03. The lowest BCUT2D eigenvalue weighted by Gasteiger charge is -2.36. The Morgan fingerprint density at radius 1 is 1.14 bits per heavy atom. The molecule has 0 bridgehead atoms. The lowest BCUT2D eigenvalue weighted by molar-refractivity contribution is 0.0735. The summed E-state index contributed by atoms with van der Waals surface area (Å²) in [4.78, 5) is 14.4. The van der Waals surface area contributed by atoms with Crippen molar-refractivity contribution >= 4 is 11.0 Å². The zero-order valence-corrected chi connectivity index (χ0v) is 16.6. The zero-order chi connectivity index (χ0) is 19.6. The molecule has 150 valence electrons. The Morgan fingerprint density at radius 3 is 2.69 bits per heavy atom. The fourth-order valence-electron chi connectivity index (χ4n) is 4.26. The first-order chi connectivity index (χ1) is 14.3. The molecular weight excluding hydrogens is 362 g/mol. The minimum atomic E-state index is -0.0688. The number of nitrogens with two attached hydrogens (primary N) is 1. The zero-order valence-electron chi connectivity index (χ0n) is 16.6. The van der Waals surface area contributed by atoms with Crippen LogP contribution in [-0.4, -0.2) is 32.9 Å². The van der Waals surface area contributed by atoms with E-state index >= 15 is 0 Å². The number of H-pyrrole nitrogens is 1. The fourth-order valence-corrected chi connectivity index (χ4v) is 4.26. The van der Waals surface area contributed by atoms with Crippen LogP contribution in [-0.2, 0) is 11.3 Å². The van der Waals surface area contributed by atoms with Crippen LogP contribution in [0.15, 0.2) is 60.4 Å². The number of rotatable bonds is 6. The van der Waals surface area contributed by atoms with Gasteiger partial charge < -0.3 is 20.4 Å². The van der Waals surface area contributed by atoms with Gasteiger partial charge in [0.25, 0.3) is 0 Å². The van der Waals surface area contributed by atoms with Crippen molar-refractivity contribution in [2.24, 2.45) is 11.7 Å². The van der Waals surface area contributed by atoms with Crippen molar-refractivity contribution < 1.29 is 4.74 Å². The number of fused-ring (bicyclic) bond motifs is 1. The SMILES string of the molecule is NC(c1ncnc2[nH]ccc12)C1CCN(C(OCc2ccccc2)=C2CC2)CC1. The Kier molecular flexibility index (Phi) is 4.94. The quantitative estimate of drug-likeness (QED) is 0.625. The van der Waals surface area contributed by atoms with Gasteiger partial charge in [-0.15, -0.1) is 0 Å². The summed E-state index contributed by atoms with van der Waals surface area (Å²) in [5.41, 5.74) is 11.1. The number of aromatic amines is 1. The third-order valence-electron chi connectivity index (χ3n) is 6.06. The highest BCUT2D eigenvalue weighted by molar-refractivity contribution is 5.78. The lowest BCUT2D eigenvalue weighted by Crippen LogP contribution is -2.38. The van der Waals surface area contributed by atoms with E-state index in [1.165, 1.54) is 11.1 Å². The van der Waals surface area contributed by atoms with E-state index in [1.807, 2.05) is 18.3 Å². The van der Waals surface area contributed by atoms with E-state index < -0.39 is 0 Å². The third-order valence-corrected chi connectivity index (χ3v) is 6.06. The highest BCUT2D eigenvalue weighted by atomic mass is 16.5. The fraction of sp³-hybridized carbons (Fsp3) is 0.391. The minimum absolute atomic E-state index is 0.0688. The third kappa shape index (κ3) is 3.85. The highest BCUT2D eigenvalue weighted by Gasteiger charge is 2.31. The standard InChI is InChI=1S/C23H27N5O/c24-20(21-19-8-11-25-22(19)27-15-26-21)17-9-12-28(13-10-17)23(18-6-7-18)29-14-16-4-2-1-3-5-16/h1-5,8,11,15,17,20H,6-7,9-10,12-14,24H2,(H,25,26,27). The Bertz CT molecular complexity index is 998. The van der Waals surface area contributed by atoms with E-state index in [1.54, 1.807) is 6.33 Å². The van der Waals surface area contributed by atoms with Gasteiger partial charge >= 0.3 is 0 Å². The van der Waals surface area contributed by atoms with Gasteiger partial charge in [-0.2, -0.15) is 0 Å². The average molecular weight is 390 g/mol. The van der Waals surface area contributed by atoms with Crippen molar-refractivity contribution in [1.29, 1.82) is 0 Å². The molecule has 3 aromatic rings. The van der Waals surface area contributed by atoms with Gasteiger partial charge in [0.2, 0.25) is 0 Å². The molecule has 6 nitrogen and oxygen atoms in total. The van der Waals surface area contributed by atoms with Gasteiger partial charge in [-0.25, -0.2) is 9.97 Å². The molecule has 0 spiro atoms. The van der Waals surface area contributed by atoms with Crippen LogP contribution in [0.2, 0.25) is 0 Å². The van der Waals surface area contributed by atoms with Gasteiger partial charge in [-0.05, 0) is 48.8 Å². The maximum atomic E-state index is 6.66. The molecule has 0 radical (unpaired) electrons. The first-order valence-corrected chi connectivity index (χ1v) is 10.5. The summed E-state index contributed by atoms with van der Waals surface area (Å²) in [5, 5.41) is 1.04. The van der Waals surface area contributed by atoms with Crippen LogP contribution in [0.1, 0.15) is 43.0 Å². The van der Waals surface area contributed by atoms with Crippen molar-refractivity contribution in [3.05, 3.63) is 71.6 Å². The Morgan fingerprint density at radius 2 is 1.93 bits per heavy atom. The molecule has 2 aliphatic rings. The van der Waals surface area contributed by atoms with Crippen molar-refractivity contribution in [3.63, 3.8) is 0 Å². The first kappa shape index (κ1) is 18.2. The number of hydrogen-bond donors (Lipinski definition) is 2. The number of allylic oxidation sites excluding steroid dienone is 1. The predicted molar refractivity (Wildman–Crippen MR) is 113 cm³/mol. The number of aromatic nitrogens is 3. The summed E-state index contributed by atoms with van der Waals surface area (Å²) >= 11 is 0. The second-order valence-electron chi connectivity index (χ2n) is 8.03. The largest absolute Gasteiger partial charge is 0.474 e. The van der Waals surface area contributed by atoms with Crippen molar-refractivity contribution in [2.45, 2.75) is 38.3 Å². The molecule has 6 heteroatoms. The van der Waals surface area contributed by atoms with Crippen LogP contribution in [0, 0.1) is 5.92 Å². The molecule has 1 aromatic carbocycles. The van der Waals surface area contributed by atoms with E-state index in [0.29, 0.717) is 12.5 Å². The molecule has 1 saturated carbocycles. The maximum Gasteiger partial charge on any atom is 0.188 e. The highest BCUT2D eigenvalue weighted by Crippen LogP contribution is 2.37. The summed E-state index contributed by atoms with van der Waals surface area (Å²) in [6, 6.07) is 12.3. The number of benzene rings is 1. The van der Waals surface area contributed by atoms with Crippen molar-refractivity contribution in [2.75, 3.05) is 13.1 Å². The Labute approximate surface area is 170 Å². The smallest absolute Gasteiger partial charge is 0.188 e. The number of ether oxygens (including phenoxy) is 1. The second kappa shape index (κ2) is 7.87. The topological polar surface area (TPSA) is 80.1 Å². The van der Waals surface area contributed by atoms with Crippen LogP contribution in [0.3, 0.4) is 0 Å². The van der Waals surface area contributed by atoms with Gasteiger partial charge in [-0.1, -0.05) is 30.3 Å². The number of likely N-dealkylation sites (tertiary alicyclic amines) is 1. The van der Waals surface area contributed by atoms with Gasteiger partial charge in [0.15, 0.2) is 5.88 Å². The molecule has 3 N–H and O–H groups in total. The molecule has 29 heavy (non-hydrogen) atoms. The molecule has 5 rings (SSSR count). The first-order valence-electron chi connectivity index (χ1n) is 10.5. The number of nitrogens with one attached hydrogen (secondary N) is 1. The normalized spacial score (nSPS) is 18.1. The maximum absolute atomic E-state index is 6.66. The van der Waals surface area contributed by atoms with E-state index in [0.717, 1.165) is 61.4 Å². The molecule has 0 amide bonds. The summed E-state index contributed by atoms with van der Waals surface area (Å²) < 4.78 is 6.27. The van der Waals surface area contributed by atoms with Gasteiger partial charge in [-0.3, -0.25) is 0 Å². The molecule has 3 heterocycles. The molecule has 2 aromatic heterocycles.